The highest BCUT2D eigenvalue weighted by molar-refractivity contribution is 8.00. The highest BCUT2D eigenvalue weighted by Gasteiger charge is 2.44. The minimum atomic E-state index is -0.350. The smallest absolute Gasteiger partial charge is 0.0791 e. The van der Waals surface area contributed by atoms with Crippen LogP contribution < -0.4 is 0 Å². The van der Waals surface area contributed by atoms with Crippen molar-refractivity contribution in [3.05, 3.63) is 0 Å². The lowest BCUT2D eigenvalue weighted by atomic mass is 9.69. The molecule has 1 saturated carbocycles. The molecule has 0 aromatic heterocycles. The normalized spacial score (nSPS) is 45.6. The Balaban J connectivity index is 2.03. The number of thioether (sulfide) groups is 1. The molecule has 0 radical (unpaired) electrons. The standard InChI is InChI=1S/C14H26OS/c1-3-12-6-4-7-13(10-12)14(15)8-5-9-16-11(14)2/h11-13,15H,3-10H2,1-2H3. The van der Waals surface area contributed by atoms with E-state index in [1.165, 1.54) is 44.3 Å². The lowest BCUT2D eigenvalue weighted by Crippen LogP contribution is -2.49. The van der Waals surface area contributed by atoms with Crippen molar-refractivity contribution >= 4 is 11.8 Å². The third-order valence-electron chi connectivity index (χ3n) is 4.86. The van der Waals surface area contributed by atoms with Crippen molar-refractivity contribution < 1.29 is 5.11 Å². The first-order chi connectivity index (χ1) is 7.66. The third-order valence-corrected chi connectivity index (χ3v) is 6.29. The predicted octanol–water partition coefficient (Wildman–Crippen LogP) is 3.85. The summed E-state index contributed by atoms with van der Waals surface area (Å²) >= 11 is 1.98. The Kier molecular flexibility index (Phi) is 4.23. The van der Waals surface area contributed by atoms with Gasteiger partial charge in [0.1, 0.15) is 0 Å². The average Bonchev–Trinajstić information content (AvgIpc) is 2.33. The van der Waals surface area contributed by atoms with Gasteiger partial charge in [-0.15, -0.1) is 0 Å². The molecule has 1 aliphatic carbocycles. The maximum absolute atomic E-state index is 11.0. The van der Waals surface area contributed by atoms with E-state index in [0.717, 1.165) is 12.3 Å². The Morgan fingerprint density at radius 2 is 2.12 bits per heavy atom. The van der Waals surface area contributed by atoms with E-state index in [0.29, 0.717) is 11.2 Å². The van der Waals surface area contributed by atoms with Gasteiger partial charge in [0.05, 0.1) is 5.60 Å². The molecule has 0 bridgehead atoms. The second kappa shape index (κ2) is 5.30. The van der Waals surface area contributed by atoms with Crippen molar-refractivity contribution in [3.8, 4) is 0 Å². The molecule has 2 aliphatic rings. The second-order valence-electron chi connectivity index (χ2n) is 5.75. The first-order valence-corrected chi connectivity index (χ1v) is 8.05. The molecule has 2 rings (SSSR count). The molecular weight excluding hydrogens is 216 g/mol. The molecule has 1 N–H and O–H groups in total. The minimum Gasteiger partial charge on any atom is -0.388 e. The Bertz CT molecular complexity index is 231. The lowest BCUT2D eigenvalue weighted by Gasteiger charge is -2.46. The summed E-state index contributed by atoms with van der Waals surface area (Å²) in [6.45, 7) is 4.54. The van der Waals surface area contributed by atoms with Gasteiger partial charge in [-0.25, -0.2) is 0 Å². The maximum atomic E-state index is 11.0. The van der Waals surface area contributed by atoms with Crippen LogP contribution in [0.3, 0.4) is 0 Å². The van der Waals surface area contributed by atoms with Crippen molar-refractivity contribution in [2.45, 2.75) is 69.6 Å². The Morgan fingerprint density at radius 3 is 2.81 bits per heavy atom. The van der Waals surface area contributed by atoms with E-state index < -0.39 is 0 Å². The molecule has 2 fully saturated rings. The van der Waals surface area contributed by atoms with Gasteiger partial charge in [0.25, 0.3) is 0 Å². The number of aliphatic hydroxyl groups is 1. The zero-order valence-corrected chi connectivity index (χ0v) is 11.6. The van der Waals surface area contributed by atoms with Gasteiger partial charge in [-0.2, -0.15) is 11.8 Å². The zero-order chi connectivity index (χ0) is 11.6. The summed E-state index contributed by atoms with van der Waals surface area (Å²) in [5.41, 5.74) is -0.350. The summed E-state index contributed by atoms with van der Waals surface area (Å²) in [7, 11) is 0. The molecule has 1 saturated heterocycles. The summed E-state index contributed by atoms with van der Waals surface area (Å²) in [4.78, 5) is 0. The molecular formula is C14H26OS. The van der Waals surface area contributed by atoms with Crippen LogP contribution in [0.5, 0.6) is 0 Å². The van der Waals surface area contributed by atoms with Gasteiger partial charge in [0, 0.05) is 5.25 Å². The van der Waals surface area contributed by atoms with Crippen LogP contribution in [0.25, 0.3) is 0 Å². The van der Waals surface area contributed by atoms with Gasteiger partial charge >= 0.3 is 0 Å². The van der Waals surface area contributed by atoms with Crippen LogP contribution in [0.1, 0.15) is 58.8 Å². The molecule has 1 nitrogen and oxygen atoms in total. The van der Waals surface area contributed by atoms with E-state index in [4.69, 9.17) is 0 Å². The summed E-state index contributed by atoms with van der Waals surface area (Å²) in [5.74, 6) is 2.70. The summed E-state index contributed by atoms with van der Waals surface area (Å²) in [5, 5.41) is 11.4. The SMILES string of the molecule is CCC1CCCC(C2(O)CCCSC2C)C1. The molecule has 1 heterocycles. The van der Waals surface area contributed by atoms with Crippen LogP contribution in [-0.2, 0) is 0 Å². The van der Waals surface area contributed by atoms with Gasteiger partial charge in [0.15, 0.2) is 0 Å². The van der Waals surface area contributed by atoms with Crippen LogP contribution in [0.2, 0.25) is 0 Å². The minimum absolute atomic E-state index is 0.350. The van der Waals surface area contributed by atoms with Crippen LogP contribution in [0.15, 0.2) is 0 Å². The monoisotopic (exact) mass is 242 g/mol. The summed E-state index contributed by atoms with van der Waals surface area (Å²) in [6, 6.07) is 0. The molecule has 2 heteroatoms. The van der Waals surface area contributed by atoms with Crippen molar-refractivity contribution in [2.75, 3.05) is 5.75 Å². The Hall–Kier alpha value is 0.310. The van der Waals surface area contributed by atoms with Gasteiger partial charge in [-0.1, -0.05) is 33.1 Å². The third kappa shape index (κ3) is 2.43. The van der Waals surface area contributed by atoms with Gasteiger partial charge in [-0.05, 0) is 43.3 Å². The lowest BCUT2D eigenvalue weighted by molar-refractivity contribution is -0.0493. The van der Waals surface area contributed by atoms with E-state index in [9.17, 15) is 5.11 Å². The molecule has 0 aromatic rings. The molecule has 0 aromatic carbocycles. The fourth-order valence-electron chi connectivity index (χ4n) is 3.61. The van der Waals surface area contributed by atoms with E-state index >= 15 is 0 Å². The molecule has 4 unspecified atom stereocenters. The fraction of sp³-hybridized carbons (Fsp3) is 1.00. The first kappa shape index (κ1) is 12.8. The molecule has 0 spiro atoms. The zero-order valence-electron chi connectivity index (χ0n) is 10.7. The topological polar surface area (TPSA) is 20.2 Å². The molecule has 16 heavy (non-hydrogen) atoms. The Morgan fingerprint density at radius 1 is 1.31 bits per heavy atom. The summed E-state index contributed by atoms with van der Waals surface area (Å²) < 4.78 is 0. The molecule has 4 atom stereocenters. The highest BCUT2D eigenvalue weighted by atomic mass is 32.2. The Labute approximate surface area is 104 Å². The van der Waals surface area contributed by atoms with Gasteiger partial charge < -0.3 is 5.11 Å². The second-order valence-corrected chi connectivity index (χ2v) is 7.19. The highest BCUT2D eigenvalue weighted by Crippen LogP contribution is 2.46. The fourth-order valence-corrected chi connectivity index (χ4v) is 4.88. The first-order valence-electron chi connectivity index (χ1n) is 7.00. The van der Waals surface area contributed by atoms with Crippen LogP contribution in [0.4, 0.5) is 0 Å². The van der Waals surface area contributed by atoms with Crippen molar-refractivity contribution in [1.29, 1.82) is 0 Å². The molecule has 0 amide bonds. The average molecular weight is 242 g/mol. The van der Waals surface area contributed by atoms with Crippen molar-refractivity contribution in [3.63, 3.8) is 0 Å². The van der Waals surface area contributed by atoms with Crippen molar-refractivity contribution in [1.82, 2.24) is 0 Å². The largest absolute Gasteiger partial charge is 0.388 e. The number of hydrogen-bond acceptors (Lipinski definition) is 2. The quantitative estimate of drug-likeness (QED) is 0.793. The maximum Gasteiger partial charge on any atom is 0.0791 e. The summed E-state index contributed by atoms with van der Waals surface area (Å²) in [6.07, 6.45) is 8.82. The predicted molar refractivity (Wildman–Crippen MR) is 71.8 cm³/mol. The van der Waals surface area contributed by atoms with E-state index in [1.54, 1.807) is 0 Å². The molecule has 94 valence electrons. The number of hydrogen-bond donors (Lipinski definition) is 1. The van der Waals surface area contributed by atoms with Crippen molar-refractivity contribution in [2.24, 2.45) is 11.8 Å². The van der Waals surface area contributed by atoms with Crippen LogP contribution in [-0.4, -0.2) is 21.7 Å². The molecule has 1 aliphatic heterocycles. The van der Waals surface area contributed by atoms with E-state index in [2.05, 4.69) is 13.8 Å². The van der Waals surface area contributed by atoms with Gasteiger partial charge in [0.2, 0.25) is 0 Å². The van der Waals surface area contributed by atoms with E-state index in [-0.39, 0.29) is 5.60 Å². The van der Waals surface area contributed by atoms with Gasteiger partial charge in [-0.3, -0.25) is 0 Å². The van der Waals surface area contributed by atoms with E-state index in [1.807, 2.05) is 11.8 Å². The van der Waals surface area contributed by atoms with Crippen LogP contribution >= 0.6 is 11.8 Å². The van der Waals surface area contributed by atoms with Crippen LogP contribution in [0, 0.1) is 11.8 Å². The number of rotatable bonds is 2.